The summed E-state index contributed by atoms with van der Waals surface area (Å²) >= 11 is 0. The predicted molar refractivity (Wildman–Crippen MR) is 77.3 cm³/mol. The van der Waals surface area contributed by atoms with Gasteiger partial charge >= 0.3 is 7.12 Å². The second-order valence-corrected chi connectivity index (χ2v) is 4.71. The van der Waals surface area contributed by atoms with Gasteiger partial charge in [0.1, 0.15) is 0 Å². The van der Waals surface area contributed by atoms with Crippen LogP contribution >= 0.6 is 0 Å². The summed E-state index contributed by atoms with van der Waals surface area (Å²) in [6.45, 7) is 4.45. The van der Waals surface area contributed by atoms with E-state index in [0.717, 1.165) is 11.1 Å². The summed E-state index contributed by atoms with van der Waals surface area (Å²) in [5.41, 5.74) is 3.17. The largest absolute Gasteiger partial charge is 0.491 e. The van der Waals surface area contributed by atoms with Gasteiger partial charge in [-0.2, -0.15) is 0 Å². The summed E-state index contributed by atoms with van der Waals surface area (Å²) < 4.78 is 13.9. The smallest absolute Gasteiger partial charge is 0.423 e. The molecule has 0 aliphatic rings. The van der Waals surface area contributed by atoms with Crippen LogP contribution in [0.5, 0.6) is 0 Å². The number of hydrogen-bond donors (Lipinski definition) is 3. The van der Waals surface area contributed by atoms with Crippen molar-refractivity contribution in [3.05, 3.63) is 53.0 Å². The van der Waals surface area contributed by atoms with Crippen LogP contribution in [0.2, 0.25) is 0 Å². The third-order valence-corrected chi connectivity index (χ3v) is 3.23. The van der Waals surface area contributed by atoms with Crippen LogP contribution in [-0.2, 0) is 6.54 Å². The molecule has 0 unspecified atom stereocenters. The van der Waals surface area contributed by atoms with Gasteiger partial charge in [-0.25, -0.2) is 9.37 Å². The molecule has 0 saturated carbocycles. The molecule has 6 heteroatoms. The molecule has 1 aromatic carbocycles. The lowest BCUT2D eigenvalue weighted by Gasteiger charge is -2.10. The van der Waals surface area contributed by atoms with Gasteiger partial charge in [0.2, 0.25) is 0 Å². The third kappa shape index (κ3) is 3.15. The molecule has 2 rings (SSSR count). The van der Waals surface area contributed by atoms with Gasteiger partial charge in [-0.15, -0.1) is 0 Å². The van der Waals surface area contributed by atoms with Crippen molar-refractivity contribution in [1.29, 1.82) is 0 Å². The Kier molecular flexibility index (Phi) is 4.37. The molecule has 2 aromatic rings. The van der Waals surface area contributed by atoms with Crippen LogP contribution in [-0.4, -0.2) is 22.2 Å². The quantitative estimate of drug-likeness (QED) is 0.731. The first-order chi connectivity index (χ1) is 9.49. The first kappa shape index (κ1) is 14.5. The van der Waals surface area contributed by atoms with Crippen LogP contribution in [0.3, 0.4) is 0 Å². The number of benzene rings is 1. The normalized spacial score (nSPS) is 10.4. The van der Waals surface area contributed by atoms with Crippen LogP contribution in [0.4, 0.5) is 10.2 Å². The average Bonchev–Trinajstić information content (AvgIpc) is 2.41. The van der Waals surface area contributed by atoms with Gasteiger partial charge < -0.3 is 15.4 Å². The maximum absolute atomic E-state index is 13.9. The molecule has 1 heterocycles. The zero-order chi connectivity index (χ0) is 14.7. The van der Waals surface area contributed by atoms with E-state index in [9.17, 15) is 4.39 Å². The second kappa shape index (κ2) is 6.03. The van der Waals surface area contributed by atoms with Crippen molar-refractivity contribution < 1.29 is 14.4 Å². The lowest BCUT2D eigenvalue weighted by molar-refractivity contribution is 0.423. The summed E-state index contributed by atoms with van der Waals surface area (Å²) in [4.78, 5) is 3.87. The molecular formula is C14H16BFN2O2. The van der Waals surface area contributed by atoms with E-state index in [1.54, 1.807) is 0 Å². The fraction of sp³-hybridized carbons (Fsp3) is 0.214. The first-order valence-electron chi connectivity index (χ1n) is 6.29. The molecule has 0 aliphatic heterocycles. The Hall–Kier alpha value is -1.92. The van der Waals surface area contributed by atoms with Gasteiger partial charge in [0, 0.05) is 18.2 Å². The van der Waals surface area contributed by atoms with Gasteiger partial charge in [0.25, 0.3) is 0 Å². The molecule has 0 saturated heterocycles. The molecule has 4 nitrogen and oxygen atoms in total. The highest BCUT2D eigenvalue weighted by molar-refractivity contribution is 6.58. The Labute approximate surface area is 117 Å². The zero-order valence-electron chi connectivity index (χ0n) is 11.4. The van der Waals surface area contributed by atoms with Crippen molar-refractivity contribution in [2.24, 2.45) is 0 Å². The molecule has 1 aromatic heterocycles. The van der Waals surface area contributed by atoms with E-state index in [-0.39, 0.29) is 11.3 Å². The van der Waals surface area contributed by atoms with Crippen molar-refractivity contribution in [2.75, 3.05) is 5.32 Å². The number of anilines is 1. The number of aryl methyl sites for hydroxylation is 2. The van der Waals surface area contributed by atoms with Gasteiger partial charge in [-0.05, 0) is 36.6 Å². The summed E-state index contributed by atoms with van der Waals surface area (Å²) in [6, 6.07) is 7.22. The number of halogens is 1. The van der Waals surface area contributed by atoms with Crippen LogP contribution in [0.25, 0.3) is 0 Å². The molecule has 3 N–H and O–H groups in total. The fourth-order valence-electron chi connectivity index (χ4n) is 1.88. The van der Waals surface area contributed by atoms with E-state index in [1.165, 1.54) is 17.8 Å². The van der Waals surface area contributed by atoms with Gasteiger partial charge in [0.05, 0.1) is 0 Å². The molecule has 20 heavy (non-hydrogen) atoms. The monoisotopic (exact) mass is 274 g/mol. The number of rotatable bonds is 4. The Morgan fingerprint density at radius 1 is 1.20 bits per heavy atom. The van der Waals surface area contributed by atoms with Crippen molar-refractivity contribution >= 4 is 18.4 Å². The van der Waals surface area contributed by atoms with E-state index < -0.39 is 12.9 Å². The molecule has 0 amide bonds. The number of hydrogen-bond acceptors (Lipinski definition) is 4. The highest BCUT2D eigenvalue weighted by Crippen LogP contribution is 2.13. The topological polar surface area (TPSA) is 65.4 Å². The van der Waals surface area contributed by atoms with Crippen LogP contribution in [0, 0.1) is 19.7 Å². The molecule has 0 bridgehead atoms. The summed E-state index contributed by atoms with van der Waals surface area (Å²) in [5.74, 6) is -0.736. The van der Waals surface area contributed by atoms with E-state index >= 15 is 0 Å². The van der Waals surface area contributed by atoms with Crippen LogP contribution in [0.15, 0.2) is 30.5 Å². The van der Waals surface area contributed by atoms with Gasteiger partial charge in [-0.1, -0.05) is 18.2 Å². The Morgan fingerprint density at radius 3 is 2.60 bits per heavy atom. The highest BCUT2D eigenvalue weighted by Gasteiger charge is 2.19. The van der Waals surface area contributed by atoms with E-state index in [4.69, 9.17) is 10.0 Å². The minimum atomic E-state index is -1.85. The highest BCUT2D eigenvalue weighted by atomic mass is 19.1. The molecule has 0 aliphatic carbocycles. The van der Waals surface area contributed by atoms with Crippen molar-refractivity contribution in [2.45, 2.75) is 20.4 Å². The molecule has 0 atom stereocenters. The summed E-state index contributed by atoms with van der Waals surface area (Å²) in [5, 5.41) is 20.9. The molecule has 0 radical (unpaired) electrons. The maximum atomic E-state index is 13.9. The number of pyridine rings is 1. The maximum Gasteiger partial charge on any atom is 0.491 e. The standard InChI is InChI=1S/C14H16BFN2O2/c1-9-3-4-11(7-10(9)2)8-18-14-13(16)12(15(19)20)5-6-17-14/h3-7,19-20H,8H2,1-2H3,(H,17,18). The van der Waals surface area contributed by atoms with Crippen molar-refractivity contribution in [1.82, 2.24) is 4.98 Å². The van der Waals surface area contributed by atoms with E-state index in [2.05, 4.69) is 10.3 Å². The van der Waals surface area contributed by atoms with Crippen LogP contribution in [0.1, 0.15) is 16.7 Å². The average molecular weight is 274 g/mol. The third-order valence-electron chi connectivity index (χ3n) is 3.23. The Morgan fingerprint density at radius 2 is 1.95 bits per heavy atom. The number of nitrogens with one attached hydrogen (secondary N) is 1. The molecular weight excluding hydrogens is 258 g/mol. The molecule has 0 spiro atoms. The van der Waals surface area contributed by atoms with Crippen LogP contribution < -0.4 is 10.8 Å². The van der Waals surface area contributed by atoms with E-state index in [0.29, 0.717) is 6.54 Å². The van der Waals surface area contributed by atoms with Gasteiger partial charge in [-0.3, -0.25) is 0 Å². The zero-order valence-corrected chi connectivity index (χ0v) is 11.4. The fourth-order valence-corrected chi connectivity index (χ4v) is 1.88. The lowest BCUT2D eigenvalue weighted by atomic mass is 9.80. The summed E-state index contributed by atoms with van der Waals surface area (Å²) in [7, 11) is -1.85. The number of nitrogens with zero attached hydrogens (tertiary/aromatic N) is 1. The SMILES string of the molecule is Cc1ccc(CNc2nccc(B(O)O)c2F)cc1C. The summed E-state index contributed by atoms with van der Waals surface area (Å²) in [6.07, 6.45) is 1.33. The molecule has 0 fully saturated rings. The minimum absolute atomic E-state index is 0.00817. The minimum Gasteiger partial charge on any atom is -0.423 e. The Bertz CT molecular complexity index is 620. The predicted octanol–water partition coefficient (Wildman–Crippen LogP) is 1.13. The first-order valence-corrected chi connectivity index (χ1v) is 6.29. The van der Waals surface area contributed by atoms with Gasteiger partial charge in [0.15, 0.2) is 11.6 Å². The van der Waals surface area contributed by atoms with Crippen molar-refractivity contribution in [3.63, 3.8) is 0 Å². The van der Waals surface area contributed by atoms with E-state index in [1.807, 2.05) is 32.0 Å². The number of aromatic nitrogens is 1. The lowest BCUT2D eigenvalue weighted by Crippen LogP contribution is -2.33. The second-order valence-electron chi connectivity index (χ2n) is 4.71. The van der Waals surface area contributed by atoms with Crippen molar-refractivity contribution in [3.8, 4) is 0 Å². The Balaban J connectivity index is 2.14. The molecule has 104 valence electrons.